The van der Waals surface area contributed by atoms with Crippen molar-refractivity contribution in [2.45, 2.75) is 0 Å². The second-order valence-electron chi connectivity index (χ2n) is 12.6. The first kappa shape index (κ1) is 26.8. The van der Waals surface area contributed by atoms with Gasteiger partial charge in [-0.15, -0.1) is 0 Å². The molecule has 0 unspecified atom stereocenters. The Bertz CT molecular complexity index is 2540. The van der Waals surface area contributed by atoms with Gasteiger partial charge in [-0.3, -0.25) is 0 Å². The highest BCUT2D eigenvalue weighted by Gasteiger charge is 2.14. The van der Waals surface area contributed by atoms with E-state index in [2.05, 4.69) is 191 Å². The van der Waals surface area contributed by atoms with Gasteiger partial charge in [0.15, 0.2) is 0 Å². The number of hydrogen-bond donors (Lipinski definition) is 0. The summed E-state index contributed by atoms with van der Waals surface area (Å²) in [6.45, 7) is 0. The molecule has 0 N–H and O–H groups in total. The summed E-state index contributed by atoms with van der Waals surface area (Å²) in [5.74, 6) is 0. The first-order valence-corrected chi connectivity index (χ1v) is 16.5. The van der Waals surface area contributed by atoms with Crippen LogP contribution in [-0.4, -0.2) is 9.13 Å². The van der Waals surface area contributed by atoms with Gasteiger partial charge in [-0.05, 0) is 93.7 Å². The zero-order valence-corrected chi connectivity index (χ0v) is 26.2. The molecule has 8 aromatic carbocycles. The molecule has 0 atom stereocenters. The van der Waals surface area contributed by atoms with Crippen molar-refractivity contribution < 1.29 is 0 Å². The molecule has 0 bridgehead atoms. The fraction of sp³-hybridized carbons (Fsp3) is 0. The van der Waals surface area contributed by atoms with Crippen molar-refractivity contribution in [2.75, 3.05) is 0 Å². The van der Waals surface area contributed by atoms with Crippen molar-refractivity contribution in [1.29, 1.82) is 0 Å². The van der Waals surface area contributed by atoms with E-state index < -0.39 is 0 Å². The lowest BCUT2D eigenvalue weighted by Gasteiger charge is -2.12. The highest BCUT2D eigenvalue weighted by molar-refractivity contribution is 6.10. The van der Waals surface area contributed by atoms with E-state index in [4.69, 9.17) is 0 Å². The quantitative estimate of drug-likeness (QED) is 0.188. The fourth-order valence-electron chi connectivity index (χ4n) is 7.66. The molecular weight excluding hydrogens is 581 g/mol. The van der Waals surface area contributed by atoms with Gasteiger partial charge in [-0.1, -0.05) is 121 Å². The van der Waals surface area contributed by atoms with E-state index in [1.165, 1.54) is 88.0 Å². The molecule has 10 rings (SSSR count). The molecule has 0 saturated carbocycles. The summed E-state index contributed by atoms with van der Waals surface area (Å²) in [7, 11) is 0. The van der Waals surface area contributed by atoms with Gasteiger partial charge < -0.3 is 9.13 Å². The molecule has 2 nitrogen and oxygen atoms in total. The fourth-order valence-corrected chi connectivity index (χ4v) is 7.66. The standard InChI is InChI=1S/C46H30N2/c1-5-19-43-39(15-1)40-16-2-6-20-44(40)47(43)37-13-9-11-31(29-37)33-23-25-36-28-34(24-26-35(36)27-33)32-12-10-14-38(30-32)48-45-21-7-3-17-41(45)42-18-4-8-22-46(42)48/h1-30H. The van der Waals surface area contributed by atoms with Crippen LogP contribution in [0.15, 0.2) is 182 Å². The number of fused-ring (bicyclic) bond motifs is 7. The molecule has 0 fully saturated rings. The van der Waals surface area contributed by atoms with Crippen LogP contribution in [0.25, 0.3) is 88.0 Å². The molecule has 0 amide bonds. The summed E-state index contributed by atoms with van der Waals surface area (Å²) in [5, 5.41) is 7.58. The normalized spacial score (nSPS) is 11.8. The van der Waals surface area contributed by atoms with Crippen molar-refractivity contribution in [3.63, 3.8) is 0 Å². The van der Waals surface area contributed by atoms with E-state index >= 15 is 0 Å². The topological polar surface area (TPSA) is 9.86 Å². The van der Waals surface area contributed by atoms with Crippen molar-refractivity contribution in [3.05, 3.63) is 182 Å². The summed E-state index contributed by atoms with van der Waals surface area (Å²) in [6, 6.07) is 66.2. The summed E-state index contributed by atoms with van der Waals surface area (Å²) in [6.07, 6.45) is 0. The minimum absolute atomic E-state index is 1.17. The molecule has 0 aliphatic carbocycles. The average Bonchev–Trinajstić information content (AvgIpc) is 3.68. The van der Waals surface area contributed by atoms with Gasteiger partial charge in [0.2, 0.25) is 0 Å². The second-order valence-corrected chi connectivity index (χ2v) is 12.6. The predicted molar refractivity (Wildman–Crippen MR) is 203 cm³/mol. The van der Waals surface area contributed by atoms with Crippen LogP contribution >= 0.6 is 0 Å². The van der Waals surface area contributed by atoms with Crippen LogP contribution in [0.2, 0.25) is 0 Å². The minimum Gasteiger partial charge on any atom is -0.309 e. The first-order chi connectivity index (χ1) is 23.8. The van der Waals surface area contributed by atoms with Crippen LogP contribution in [0.4, 0.5) is 0 Å². The smallest absolute Gasteiger partial charge is 0.0541 e. The highest BCUT2D eigenvalue weighted by atomic mass is 15.0. The third-order valence-corrected chi connectivity index (χ3v) is 9.88. The van der Waals surface area contributed by atoms with Crippen LogP contribution in [0.3, 0.4) is 0 Å². The van der Waals surface area contributed by atoms with Crippen LogP contribution in [0.1, 0.15) is 0 Å². The van der Waals surface area contributed by atoms with E-state index in [1.807, 2.05) is 0 Å². The summed E-state index contributed by atoms with van der Waals surface area (Å²) in [4.78, 5) is 0. The molecule has 2 aromatic heterocycles. The van der Waals surface area contributed by atoms with Crippen LogP contribution in [0, 0.1) is 0 Å². The molecule has 0 aliphatic heterocycles. The third-order valence-electron chi connectivity index (χ3n) is 9.88. The van der Waals surface area contributed by atoms with Gasteiger partial charge in [0.25, 0.3) is 0 Å². The Morgan fingerprint density at radius 2 is 0.583 bits per heavy atom. The molecule has 2 heteroatoms. The van der Waals surface area contributed by atoms with Gasteiger partial charge in [-0.2, -0.15) is 0 Å². The SMILES string of the molecule is c1cc(-c2ccc3cc(-c4cccc(-n5c6ccccc6c6ccccc65)c4)ccc3c2)cc(-n2c3ccccc3c3ccccc32)c1. The van der Waals surface area contributed by atoms with Gasteiger partial charge in [0.05, 0.1) is 22.1 Å². The molecule has 10 aromatic rings. The Labute approximate surface area is 278 Å². The summed E-state index contributed by atoms with van der Waals surface area (Å²) in [5.41, 5.74) is 12.1. The lowest BCUT2D eigenvalue weighted by Crippen LogP contribution is -1.94. The van der Waals surface area contributed by atoms with Gasteiger partial charge >= 0.3 is 0 Å². The number of nitrogens with zero attached hydrogens (tertiary/aromatic N) is 2. The zero-order chi connectivity index (χ0) is 31.6. The minimum atomic E-state index is 1.17. The van der Waals surface area contributed by atoms with Crippen molar-refractivity contribution in [3.8, 4) is 33.6 Å². The Morgan fingerprint density at radius 1 is 0.250 bits per heavy atom. The van der Waals surface area contributed by atoms with E-state index in [9.17, 15) is 0 Å². The van der Waals surface area contributed by atoms with Gasteiger partial charge in [0, 0.05) is 32.9 Å². The van der Waals surface area contributed by atoms with Crippen LogP contribution in [-0.2, 0) is 0 Å². The van der Waals surface area contributed by atoms with Crippen LogP contribution < -0.4 is 0 Å². The molecular formula is C46H30N2. The van der Waals surface area contributed by atoms with E-state index in [0.29, 0.717) is 0 Å². The van der Waals surface area contributed by atoms with Gasteiger partial charge in [-0.25, -0.2) is 0 Å². The number of aromatic nitrogens is 2. The Morgan fingerprint density at radius 3 is 0.958 bits per heavy atom. The largest absolute Gasteiger partial charge is 0.309 e. The van der Waals surface area contributed by atoms with Crippen molar-refractivity contribution in [2.24, 2.45) is 0 Å². The lowest BCUT2D eigenvalue weighted by molar-refractivity contribution is 1.18. The summed E-state index contributed by atoms with van der Waals surface area (Å²) < 4.78 is 4.77. The third kappa shape index (κ3) is 4.13. The number of benzene rings is 8. The van der Waals surface area contributed by atoms with E-state index in [1.54, 1.807) is 0 Å². The highest BCUT2D eigenvalue weighted by Crippen LogP contribution is 2.36. The van der Waals surface area contributed by atoms with Crippen molar-refractivity contribution >= 4 is 54.4 Å². The maximum absolute atomic E-state index is 2.38. The van der Waals surface area contributed by atoms with E-state index in [0.717, 1.165) is 0 Å². The average molecular weight is 611 g/mol. The molecule has 48 heavy (non-hydrogen) atoms. The van der Waals surface area contributed by atoms with Crippen molar-refractivity contribution in [1.82, 2.24) is 9.13 Å². The Kier molecular flexibility index (Phi) is 5.91. The first-order valence-electron chi connectivity index (χ1n) is 16.5. The molecule has 0 spiro atoms. The maximum atomic E-state index is 2.38. The Hall–Kier alpha value is -6.38. The number of hydrogen-bond acceptors (Lipinski definition) is 0. The monoisotopic (exact) mass is 610 g/mol. The van der Waals surface area contributed by atoms with E-state index in [-0.39, 0.29) is 0 Å². The van der Waals surface area contributed by atoms with Crippen LogP contribution in [0.5, 0.6) is 0 Å². The molecule has 2 heterocycles. The lowest BCUT2D eigenvalue weighted by atomic mass is 9.97. The zero-order valence-electron chi connectivity index (χ0n) is 26.2. The second kappa shape index (κ2) is 10.6. The predicted octanol–water partition coefficient (Wildman–Crippen LogP) is 12.4. The number of para-hydroxylation sites is 4. The molecule has 224 valence electrons. The molecule has 0 radical (unpaired) electrons. The number of rotatable bonds is 4. The molecule has 0 aliphatic rings. The molecule has 0 saturated heterocycles. The van der Waals surface area contributed by atoms with Gasteiger partial charge in [0.1, 0.15) is 0 Å². The Balaban J connectivity index is 1.03. The summed E-state index contributed by atoms with van der Waals surface area (Å²) >= 11 is 0. The maximum Gasteiger partial charge on any atom is 0.0541 e.